The molecule has 3 nitrogen and oxygen atoms in total. The number of hydrogen-bond donors (Lipinski definition) is 2. The SMILES string of the molecule is CCCCCCOC(C)C.OCCO. The molecule has 3 heteroatoms. The van der Waals surface area contributed by atoms with Crippen LogP contribution in [0.2, 0.25) is 0 Å². The molecule has 0 rings (SSSR count). The lowest BCUT2D eigenvalue weighted by Crippen LogP contribution is -2.03. The van der Waals surface area contributed by atoms with Crippen molar-refractivity contribution >= 4 is 0 Å². The van der Waals surface area contributed by atoms with Crippen LogP contribution in [0.25, 0.3) is 0 Å². The topological polar surface area (TPSA) is 49.7 Å². The van der Waals surface area contributed by atoms with E-state index >= 15 is 0 Å². The molecule has 0 aromatic heterocycles. The zero-order chi connectivity index (χ0) is 11.2. The molecule has 0 aliphatic rings. The van der Waals surface area contributed by atoms with Gasteiger partial charge in [0.1, 0.15) is 0 Å². The van der Waals surface area contributed by atoms with Crippen molar-refractivity contribution in [2.75, 3.05) is 19.8 Å². The van der Waals surface area contributed by atoms with Gasteiger partial charge in [0, 0.05) is 6.61 Å². The second-order valence-corrected chi connectivity index (χ2v) is 3.43. The Hall–Kier alpha value is -0.120. The Labute approximate surface area is 88.1 Å². The van der Waals surface area contributed by atoms with E-state index in [2.05, 4.69) is 20.8 Å². The Balaban J connectivity index is 0. The molecule has 0 bridgehead atoms. The van der Waals surface area contributed by atoms with E-state index in [1.54, 1.807) is 0 Å². The molecule has 0 heterocycles. The molecule has 0 saturated heterocycles. The molecule has 0 atom stereocenters. The largest absolute Gasteiger partial charge is 0.394 e. The zero-order valence-corrected chi connectivity index (χ0v) is 9.83. The highest BCUT2D eigenvalue weighted by atomic mass is 16.5. The van der Waals surface area contributed by atoms with Gasteiger partial charge in [-0.25, -0.2) is 0 Å². The minimum atomic E-state index is -0.125. The molecule has 0 aromatic carbocycles. The lowest BCUT2D eigenvalue weighted by atomic mass is 10.2. The summed E-state index contributed by atoms with van der Waals surface area (Å²) in [5, 5.41) is 15.2. The Morgan fingerprint density at radius 2 is 1.57 bits per heavy atom. The molecule has 0 spiro atoms. The summed E-state index contributed by atoms with van der Waals surface area (Å²) in [5.41, 5.74) is 0. The summed E-state index contributed by atoms with van der Waals surface area (Å²) in [6.45, 7) is 7.08. The Bertz CT molecular complexity index is 82.6. The molecule has 0 amide bonds. The van der Waals surface area contributed by atoms with Crippen LogP contribution in [0, 0.1) is 0 Å². The maximum Gasteiger partial charge on any atom is 0.0662 e. The Kier molecular flexibility index (Phi) is 17.9. The molecule has 0 aromatic rings. The van der Waals surface area contributed by atoms with Gasteiger partial charge in [-0.05, 0) is 20.3 Å². The van der Waals surface area contributed by atoms with Crippen molar-refractivity contribution in [2.24, 2.45) is 0 Å². The molecule has 0 radical (unpaired) electrons. The van der Waals surface area contributed by atoms with Crippen molar-refractivity contribution in [3.8, 4) is 0 Å². The first kappa shape index (κ1) is 16.3. The summed E-state index contributed by atoms with van der Waals surface area (Å²) in [6, 6.07) is 0. The van der Waals surface area contributed by atoms with Gasteiger partial charge in [-0.2, -0.15) is 0 Å². The van der Waals surface area contributed by atoms with Crippen LogP contribution in [0.5, 0.6) is 0 Å². The van der Waals surface area contributed by atoms with Crippen molar-refractivity contribution in [2.45, 2.75) is 52.6 Å². The van der Waals surface area contributed by atoms with Crippen LogP contribution >= 0.6 is 0 Å². The first-order valence-electron chi connectivity index (χ1n) is 5.52. The molecular weight excluding hydrogens is 180 g/mol. The molecule has 14 heavy (non-hydrogen) atoms. The van der Waals surface area contributed by atoms with Crippen LogP contribution in [0.1, 0.15) is 46.5 Å². The van der Waals surface area contributed by atoms with Crippen LogP contribution in [-0.4, -0.2) is 36.1 Å². The van der Waals surface area contributed by atoms with Gasteiger partial charge in [0.05, 0.1) is 19.3 Å². The van der Waals surface area contributed by atoms with Gasteiger partial charge in [0.25, 0.3) is 0 Å². The highest BCUT2D eigenvalue weighted by Crippen LogP contribution is 1.99. The number of aliphatic hydroxyl groups excluding tert-OH is 2. The highest BCUT2D eigenvalue weighted by Gasteiger charge is 1.91. The zero-order valence-electron chi connectivity index (χ0n) is 9.83. The van der Waals surface area contributed by atoms with Crippen molar-refractivity contribution < 1.29 is 14.9 Å². The normalized spacial score (nSPS) is 9.86. The predicted octanol–water partition coefficient (Wildman–Crippen LogP) is 1.96. The molecule has 0 fully saturated rings. The fraction of sp³-hybridized carbons (Fsp3) is 1.00. The number of unbranched alkanes of at least 4 members (excludes halogenated alkanes) is 3. The lowest BCUT2D eigenvalue weighted by molar-refractivity contribution is 0.0757. The van der Waals surface area contributed by atoms with E-state index in [-0.39, 0.29) is 13.2 Å². The Morgan fingerprint density at radius 3 is 1.93 bits per heavy atom. The van der Waals surface area contributed by atoms with Gasteiger partial charge >= 0.3 is 0 Å². The summed E-state index contributed by atoms with van der Waals surface area (Å²) in [4.78, 5) is 0. The fourth-order valence-corrected chi connectivity index (χ4v) is 0.848. The van der Waals surface area contributed by atoms with Gasteiger partial charge < -0.3 is 14.9 Å². The third-order valence-corrected chi connectivity index (χ3v) is 1.55. The van der Waals surface area contributed by atoms with Crippen LogP contribution in [-0.2, 0) is 4.74 Å². The van der Waals surface area contributed by atoms with Crippen molar-refractivity contribution in [1.29, 1.82) is 0 Å². The van der Waals surface area contributed by atoms with Crippen LogP contribution in [0.4, 0.5) is 0 Å². The second-order valence-electron chi connectivity index (χ2n) is 3.43. The monoisotopic (exact) mass is 206 g/mol. The third-order valence-electron chi connectivity index (χ3n) is 1.55. The van der Waals surface area contributed by atoms with E-state index in [1.807, 2.05) is 0 Å². The maximum absolute atomic E-state index is 7.62. The molecule has 2 N–H and O–H groups in total. The first-order valence-corrected chi connectivity index (χ1v) is 5.52. The Morgan fingerprint density at radius 1 is 1.00 bits per heavy atom. The molecule has 0 aliphatic heterocycles. The first-order chi connectivity index (χ1) is 6.68. The van der Waals surface area contributed by atoms with Crippen molar-refractivity contribution in [3.05, 3.63) is 0 Å². The summed E-state index contributed by atoms with van der Waals surface area (Å²) in [6.07, 6.45) is 5.61. The summed E-state index contributed by atoms with van der Waals surface area (Å²) in [5.74, 6) is 0. The average molecular weight is 206 g/mol. The van der Waals surface area contributed by atoms with Gasteiger partial charge in [-0.15, -0.1) is 0 Å². The average Bonchev–Trinajstić information content (AvgIpc) is 2.18. The van der Waals surface area contributed by atoms with E-state index in [9.17, 15) is 0 Å². The standard InChI is InChI=1S/C9H20O.C2H6O2/c1-4-5-6-7-8-10-9(2)3;3-1-2-4/h9H,4-8H2,1-3H3;3-4H,1-2H2. The van der Waals surface area contributed by atoms with E-state index in [1.165, 1.54) is 25.7 Å². The minimum absolute atomic E-state index is 0.125. The second kappa shape index (κ2) is 15.4. The van der Waals surface area contributed by atoms with E-state index in [0.717, 1.165) is 6.61 Å². The van der Waals surface area contributed by atoms with E-state index in [4.69, 9.17) is 14.9 Å². The fourth-order valence-electron chi connectivity index (χ4n) is 0.848. The number of aliphatic hydroxyl groups is 2. The number of hydrogen-bond acceptors (Lipinski definition) is 3. The number of ether oxygens (including phenoxy) is 1. The highest BCUT2D eigenvalue weighted by molar-refractivity contribution is 4.41. The summed E-state index contributed by atoms with van der Waals surface area (Å²) < 4.78 is 5.39. The van der Waals surface area contributed by atoms with E-state index < -0.39 is 0 Å². The van der Waals surface area contributed by atoms with Crippen LogP contribution < -0.4 is 0 Å². The van der Waals surface area contributed by atoms with E-state index in [0.29, 0.717) is 6.10 Å². The van der Waals surface area contributed by atoms with Gasteiger partial charge in [-0.1, -0.05) is 26.2 Å². The molecule has 0 unspecified atom stereocenters. The summed E-state index contributed by atoms with van der Waals surface area (Å²) in [7, 11) is 0. The quantitative estimate of drug-likeness (QED) is 0.626. The molecule has 88 valence electrons. The number of rotatable bonds is 7. The summed E-state index contributed by atoms with van der Waals surface area (Å²) >= 11 is 0. The van der Waals surface area contributed by atoms with Crippen molar-refractivity contribution in [1.82, 2.24) is 0 Å². The third kappa shape index (κ3) is 22.6. The lowest BCUT2D eigenvalue weighted by Gasteiger charge is -2.05. The molecule has 0 saturated carbocycles. The molecular formula is C11H26O3. The van der Waals surface area contributed by atoms with Gasteiger partial charge in [0.2, 0.25) is 0 Å². The maximum atomic E-state index is 7.62. The molecule has 0 aliphatic carbocycles. The van der Waals surface area contributed by atoms with Crippen LogP contribution in [0.15, 0.2) is 0 Å². The smallest absolute Gasteiger partial charge is 0.0662 e. The van der Waals surface area contributed by atoms with Crippen molar-refractivity contribution in [3.63, 3.8) is 0 Å². The van der Waals surface area contributed by atoms with Gasteiger partial charge in [0.15, 0.2) is 0 Å². The predicted molar refractivity (Wildman–Crippen MR) is 59.4 cm³/mol. The minimum Gasteiger partial charge on any atom is -0.394 e. The van der Waals surface area contributed by atoms with Crippen LogP contribution in [0.3, 0.4) is 0 Å². The van der Waals surface area contributed by atoms with Gasteiger partial charge in [-0.3, -0.25) is 0 Å².